The van der Waals surface area contributed by atoms with Gasteiger partial charge in [-0.3, -0.25) is 0 Å². The van der Waals surface area contributed by atoms with Crippen molar-refractivity contribution < 1.29 is 3.63 Å². The van der Waals surface area contributed by atoms with Gasteiger partial charge in [0, 0.05) is 33.9 Å². The Morgan fingerprint density at radius 3 is 1.42 bits per heavy atom. The van der Waals surface area contributed by atoms with Crippen LogP contribution < -0.4 is 0 Å². The second-order valence-electron chi connectivity index (χ2n) is 4.07. The Balaban J connectivity index is 0.000000399. The van der Waals surface area contributed by atoms with Gasteiger partial charge in [0.1, 0.15) is 0 Å². The van der Waals surface area contributed by atoms with Crippen LogP contribution in [0, 0.1) is 0 Å². The second-order valence-corrected chi connectivity index (χ2v) is 5.89. The molecule has 0 saturated carbocycles. The summed E-state index contributed by atoms with van der Waals surface area (Å²) in [7, 11) is 0. The summed E-state index contributed by atoms with van der Waals surface area (Å²) in [6.07, 6.45) is 0. The maximum Gasteiger partial charge on any atom is 0.0447 e. The van der Waals surface area contributed by atoms with E-state index >= 15 is 0 Å². The number of hydrogen-bond acceptors (Lipinski definition) is 3. The summed E-state index contributed by atoms with van der Waals surface area (Å²) < 4.78 is 5.44. The van der Waals surface area contributed by atoms with Crippen LogP contribution >= 0.6 is 24.1 Å². The van der Waals surface area contributed by atoms with E-state index in [9.17, 15) is 0 Å². The highest BCUT2D eigenvalue weighted by molar-refractivity contribution is 8.07. The lowest BCUT2D eigenvalue weighted by Crippen LogP contribution is -1.71. The Morgan fingerprint density at radius 1 is 0.789 bits per heavy atom. The van der Waals surface area contributed by atoms with E-state index in [2.05, 4.69) is 6.58 Å². The zero-order chi connectivity index (χ0) is 13.9. The van der Waals surface area contributed by atoms with E-state index in [1.54, 1.807) is 0 Å². The lowest BCUT2D eigenvalue weighted by molar-refractivity contribution is 0.757. The summed E-state index contributed by atoms with van der Waals surface area (Å²) in [5.74, 6) is 0. The van der Waals surface area contributed by atoms with Crippen LogP contribution in [0.15, 0.2) is 82.6 Å². The van der Waals surface area contributed by atoms with Crippen LogP contribution in [0.25, 0.3) is 0 Å². The quantitative estimate of drug-likeness (QED) is 0.505. The highest BCUT2D eigenvalue weighted by Crippen LogP contribution is 2.28. The Labute approximate surface area is 124 Å². The Bertz CT molecular complexity index is 425. The number of rotatable bonds is 4. The molecule has 2 aromatic carbocycles. The van der Waals surface area contributed by atoms with Crippen molar-refractivity contribution in [3.8, 4) is 0 Å². The van der Waals surface area contributed by atoms with Gasteiger partial charge in [-0.15, -0.1) is 6.58 Å². The molecule has 1 nitrogen and oxygen atoms in total. The summed E-state index contributed by atoms with van der Waals surface area (Å²) in [6, 6.07) is 20.1. The molecule has 0 bridgehead atoms. The summed E-state index contributed by atoms with van der Waals surface area (Å²) >= 11 is 2.76. The average Bonchev–Trinajstić information content (AvgIpc) is 2.41. The first-order chi connectivity index (χ1) is 9.18. The van der Waals surface area contributed by atoms with Crippen molar-refractivity contribution in [3.63, 3.8) is 0 Å². The van der Waals surface area contributed by atoms with Gasteiger partial charge in [-0.25, -0.2) is 3.63 Å². The van der Waals surface area contributed by atoms with Crippen molar-refractivity contribution in [2.45, 2.75) is 23.6 Å². The van der Waals surface area contributed by atoms with Crippen molar-refractivity contribution >= 4 is 24.1 Å². The zero-order valence-electron chi connectivity index (χ0n) is 11.2. The second kappa shape index (κ2) is 9.73. The molecule has 100 valence electrons. The van der Waals surface area contributed by atoms with Gasteiger partial charge in [0.15, 0.2) is 0 Å². The first kappa shape index (κ1) is 15.9. The minimum Gasteiger partial charge on any atom is -0.237 e. The fourth-order valence-corrected chi connectivity index (χ4v) is 2.35. The molecular formula is C16H18OS2. The standard InChI is InChI=1S/C12H10OS2.C4H8/c1-3-7-11(8-4-1)14-13-15-12-9-5-2-6-10-12;1-4(2)3/h1-10H;1H2,2-3H3. The third-order valence-electron chi connectivity index (χ3n) is 1.75. The topological polar surface area (TPSA) is 9.23 Å². The highest BCUT2D eigenvalue weighted by Gasteiger charge is 1.95. The lowest BCUT2D eigenvalue weighted by atomic mass is 10.4. The average molecular weight is 290 g/mol. The Hall–Kier alpha value is -1.16. The predicted molar refractivity (Wildman–Crippen MR) is 86.2 cm³/mol. The molecule has 0 saturated heterocycles. The molecule has 0 aliphatic rings. The fraction of sp³-hybridized carbons (Fsp3) is 0.125. The molecule has 0 N–H and O–H groups in total. The van der Waals surface area contributed by atoms with E-state index in [1.165, 1.54) is 29.7 Å². The highest BCUT2D eigenvalue weighted by atomic mass is 32.2. The third-order valence-corrected chi connectivity index (χ3v) is 3.22. The molecule has 0 fully saturated rings. The first-order valence-corrected chi connectivity index (χ1v) is 7.40. The van der Waals surface area contributed by atoms with E-state index in [4.69, 9.17) is 3.63 Å². The zero-order valence-corrected chi connectivity index (χ0v) is 12.8. The molecule has 0 heterocycles. The van der Waals surface area contributed by atoms with E-state index in [-0.39, 0.29) is 0 Å². The summed E-state index contributed by atoms with van der Waals surface area (Å²) in [4.78, 5) is 2.22. The number of hydrogen-bond donors (Lipinski definition) is 0. The maximum absolute atomic E-state index is 5.44. The van der Waals surface area contributed by atoms with Crippen LogP contribution in [0.3, 0.4) is 0 Å². The Kier molecular flexibility index (Phi) is 8.14. The van der Waals surface area contributed by atoms with Crippen LogP contribution in [-0.4, -0.2) is 0 Å². The molecular weight excluding hydrogens is 272 g/mol. The molecule has 0 aliphatic carbocycles. The molecule has 2 rings (SSSR count). The number of benzene rings is 2. The number of allylic oxidation sites excluding steroid dienone is 1. The van der Waals surface area contributed by atoms with Crippen LogP contribution in [0.5, 0.6) is 0 Å². The van der Waals surface area contributed by atoms with Gasteiger partial charge in [-0.1, -0.05) is 42.0 Å². The third kappa shape index (κ3) is 8.54. The summed E-state index contributed by atoms with van der Waals surface area (Å²) in [5.41, 5.74) is 1.17. The molecule has 0 radical (unpaired) electrons. The normalized spacial score (nSPS) is 9.37. The lowest BCUT2D eigenvalue weighted by Gasteiger charge is -2.00. The monoisotopic (exact) mass is 290 g/mol. The van der Waals surface area contributed by atoms with Gasteiger partial charge in [-0.2, -0.15) is 0 Å². The van der Waals surface area contributed by atoms with Gasteiger partial charge < -0.3 is 0 Å². The van der Waals surface area contributed by atoms with Crippen LogP contribution in [0.2, 0.25) is 0 Å². The largest absolute Gasteiger partial charge is 0.237 e. The molecule has 3 heteroatoms. The van der Waals surface area contributed by atoms with Gasteiger partial charge in [0.25, 0.3) is 0 Å². The molecule has 0 spiro atoms. The van der Waals surface area contributed by atoms with Crippen molar-refractivity contribution in [1.82, 2.24) is 0 Å². The van der Waals surface area contributed by atoms with Crippen LogP contribution in [0.4, 0.5) is 0 Å². The van der Waals surface area contributed by atoms with Gasteiger partial charge in [0.2, 0.25) is 0 Å². The van der Waals surface area contributed by atoms with Crippen LogP contribution in [0.1, 0.15) is 13.8 Å². The van der Waals surface area contributed by atoms with E-state index in [0.717, 1.165) is 9.79 Å². The summed E-state index contributed by atoms with van der Waals surface area (Å²) in [5, 5.41) is 0. The van der Waals surface area contributed by atoms with Crippen molar-refractivity contribution in [2.24, 2.45) is 0 Å². The molecule has 0 amide bonds. The first-order valence-electron chi connectivity index (χ1n) is 5.92. The Morgan fingerprint density at radius 2 is 1.11 bits per heavy atom. The molecule has 0 aromatic heterocycles. The fourth-order valence-electron chi connectivity index (χ4n) is 1.05. The summed E-state index contributed by atoms with van der Waals surface area (Å²) in [6.45, 7) is 7.50. The smallest absolute Gasteiger partial charge is 0.0447 e. The molecule has 0 aliphatic heterocycles. The molecule has 0 atom stereocenters. The molecule has 0 unspecified atom stereocenters. The molecule has 19 heavy (non-hydrogen) atoms. The molecule has 2 aromatic rings. The van der Waals surface area contributed by atoms with Crippen molar-refractivity contribution in [2.75, 3.05) is 0 Å². The van der Waals surface area contributed by atoms with Crippen molar-refractivity contribution in [3.05, 3.63) is 72.8 Å². The van der Waals surface area contributed by atoms with Gasteiger partial charge >= 0.3 is 0 Å². The minimum absolute atomic E-state index is 1.11. The van der Waals surface area contributed by atoms with E-state index < -0.39 is 0 Å². The van der Waals surface area contributed by atoms with Crippen LogP contribution in [-0.2, 0) is 3.63 Å². The SMILES string of the molecule is C=C(C)C.c1ccc(SOSc2ccccc2)cc1. The maximum atomic E-state index is 5.44. The van der Waals surface area contributed by atoms with Crippen molar-refractivity contribution in [1.29, 1.82) is 0 Å². The van der Waals surface area contributed by atoms with Gasteiger partial charge in [0.05, 0.1) is 0 Å². The predicted octanol–water partition coefficient (Wildman–Crippen LogP) is 6.00. The van der Waals surface area contributed by atoms with E-state index in [0.29, 0.717) is 0 Å². The minimum atomic E-state index is 1.11. The van der Waals surface area contributed by atoms with E-state index in [1.807, 2.05) is 74.5 Å². The van der Waals surface area contributed by atoms with Gasteiger partial charge in [-0.05, 0) is 38.1 Å².